The maximum absolute atomic E-state index is 12.8. The maximum atomic E-state index is 12.8. The van der Waals surface area contributed by atoms with Crippen LogP contribution in [0.25, 0.3) is 5.69 Å². The molecule has 23 heavy (non-hydrogen) atoms. The van der Waals surface area contributed by atoms with E-state index in [9.17, 15) is 4.79 Å². The van der Waals surface area contributed by atoms with E-state index < -0.39 is 0 Å². The van der Waals surface area contributed by atoms with Gasteiger partial charge in [-0.3, -0.25) is 4.79 Å². The highest BCUT2D eigenvalue weighted by molar-refractivity contribution is 6.30. The van der Waals surface area contributed by atoms with Gasteiger partial charge in [-0.05, 0) is 30.2 Å². The first-order chi connectivity index (χ1) is 11.1. The largest absolute Gasteiger partial charge is 0.378 e. The second kappa shape index (κ2) is 6.72. The topological polar surface area (TPSA) is 47.4 Å². The van der Waals surface area contributed by atoms with Crippen LogP contribution in [0.1, 0.15) is 35.8 Å². The van der Waals surface area contributed by atoms with Crippen molar-refractivity contribution < 1.29 is 9.53 Å². The number of nitrogens with zero attached hydrogens (tertiary/aromatic N) is 3. The van der Waals surface area contributed by atoms with Crippen LogP contribution in [0.15, 0.2) is 30.5 Å². The van der Waals surface area contributed by atoms with Gasteiger partial charge in [0.2, 0.25) is 0 Å². The van der Waals surface area contributed by atoms with Gasteiger partial charge in [-0.2, -0.15) is 5.10 Å². The van der Waals surface area contributed by atoms with Gasteiger partial charge in [-0.15, -0.1) is 0 Å². The van der Waals surface area contributed by atoms with Gasteiger partial charge < -0.3 is 9.64 Å². The zero-order chi connectivity index (χ0) is 16.4. The monoisotopic (exact) mass is 333 g/mol. The third-order valence-corrected chi connectivity index (χ3v) is 4.21. The summed E-state index contributed by atoms with van der Waals surface area (Å²) in [6.07, 6.45) is 1.67. The van der Waals surface area contributed by atoms with Crippen molar-refractivity contribution in [1.82, 2.24) is 14.7 Å². The van der Waals surface area contributed by atoms with E-state index in [1.807, 2.05) is 33.8 Å². The van der Waals surface area contributed by atoms with Crippen molar-refractivity contribution in [2.45, 2.75) is 19.8 Å². The van der Waals surface area contributed by atoms with Crippen molar-refractivity contribution >= 4 is 17.5 Å². The molecule has 0 radical (unpaired) electrons. The number of hydrogen-bond acceptors (Lipinski definition) is 3. The smallest absolute Gasteiger partial charge is 0.257 e. The Hall–Kier alpha value is -1.85. The molecule has 0 spiro atoms. The highest BCUT2D eigenvalue weighted by atomic mass is 35.5. The summed E-state index contributed by atoms with van der Waals surface area (Å²) < 4.78 is 7.15. The molecule has 6 heteroatoms. The van der Waals surface area contributed by atoms with Crippen molar-refractivity contribution in [3.05, 3.63) is 46.7 Å². The Labute approximate surface area is 140 Å². The molecule has 2 aromatic rings. The lowest BCUT2D eigenvalue weighted by molar-refractivity contribution is 0.0302. The molecule has 1 fully saturated rings. The molecule has 1 aromatic carbocycles. The van der Waals surface area contributed by atoms with Gasteiger partial charge in [-0.1, -0.05) is 25.4 Å². The Kier molecular flexibility index (Phi) is 4.68. The normalized spacial score (nSPS) is 15.2. The fourth-order valence-electron chi connectivity index (χ4n) is 2.80. The van der Waals surface area contributed by atoms with Gasteiger partial charge in [0.1, 0.15) is 0 Å². The summed E-state index contributed by atoms with van der Waals surface area (Å²) in [7, 11) is 0. The molecule has 2 heterocycles. The summed E-state index contributed by atoms with van der Waals surface area (Å²) >= 11 is 5.96. The average Bonchev–Trinajstić information content (AvgIpc) is 3.01. The van der Waals surface area contributed by atoms with Crippen molar-refractivity contribution in [3.63, 3.8) is 0 Å². The molecule has 0 N–H and O–H groups in total. The van der Waals surface area contributed by atoms with Crippen LogP contribution in [-0.2, 0) is 4.74 Å². The number of hydrogen-bond donors (Lipinski definition) is 0. The molecule has 5 nitrogen and oxygen atoms in total. The van der Waals surface area contributed by atoms with Crippen molar-refractivity contribution in [2.24, 2.45) is 0 Å². The Morgan fingerprint density at radius 2 is 1.87 bits per heavy atom. The van der Waals surface area contributed by atoms with Gasteiger partial charge in [0.25, 0.3) is 5.91 Å². The van der Waals surface area contributed by atoms with E-state index >= 15 is 0 Å². The van der Waals surface area contributed by atoms with Crippen LogP contribution < -0.4 is 0 Å². The zero-order valence-electron chi connectivity index (χ0n) is 13.3. The van der Waals surface area contributed by atoms with Gasteiger partial charge in [0.15, 0.2) is 0 Å². The Morgan fingerprint density at radius 3 is 2.48 bits per heavy atom. The molecule has 0 aliphatic carbocycles. The van der Waals surface area contributed by atoms with E-state index in [1.54, 1.807) is 6.20 Å². The number of morpholine rings is 1. The predicted molar refractivity (Wildman–Crippen MR) is 89.4 cm³/mol. The van der Waals surface area contributed by atoms with Gasteiger partial charge in [0, 0.05) is 18.1 Å². The summed E-state index contributed by atoms with van der Waals surface area (Å²) in [5.41, 5.74) is 2.49. The third-order valence-electron chi connectivity index (χ3n) is 3.95. The molecule has 0 bridgehead atoms. The van der Waals surface area contributed by atoms with Crippen LogP contribution in [0.2, 0.25) is 5.02 Å². The molecule has 0 saturated carbocycles. The molecule has 1 amide bonds. The molecule has 3 rings (SSSR count). The Bertz CT molecular complexity index is 688. The molecule has 0 atom stereocenters. The van der Waals surface area contributed by atoms with E-state index in [2.05, 4.69) is 18.9 Å². The van der Waals surface area contributed by atoms with E-state index in [1.165, 1.54) is 0 Å². The fourth-order valence-corrected chi connectivity index (χ4v) is 2.93. The predicted octanol–water partition coefficient (Wildman–Crippen LogP) is 3.12. The summed E-state index contributed by atoms with van der Waals surface area (Å²) in [5.74, 6) is 0.199. The number of carbonyl (C=O) groups is 1. The number of aromatic nitrogens is 2. The lowest BCUT2D eigenvalue weighted by atomic mass is 10.0. The number of halogens is 1. The van der Waals surface area contributed by atoms with E-state index in [0.717, 1.165) is 11.4 Å². The van der Waals surface area contributed by atoms with Gasteiger partial charge in [0.05, 0.1) is 36.4 Å². The summed E-state index contributed by atoms with van der Waals surface area (Å²) in [6, 6.07) is 7.46. The van der Waals surface area contributed by atoms with Gasteiger partial charge in [-0.25, -0.2) is 4.68 Å². The second-order valence-electron chi connectivity index (χ2n) is 5.89. The van der Waals surface area contributed by atoms with Crippen LogP contribution in [0.5, 0.6) is 0 Å². The molecule has 0 unspecified atom stereocenters. The first-order valence-corrected chi connectivity index (χ1v) is 8.16. The minimum Gasteiger partial charge on any atom is -0.378 e. The zero-order valence-corrected chi connectivity index (χ0v) is 14.1. The summed E-state index contributed by atoms with van der Waals surface area (Å²) in [6.45, 7) is 6.58. The minimum atomic E-state index is 0.0252. The van der Waals surface area contributed by atoms with Crippen LogP contribution in [0, 0.1) is 0 Å². The average molecular weight is 334 g/mol. The first kappa shape index (κ1) is 16.0. The SMILES string of the molecule is CC(C)c1c(C(=O)N2CCOCC2)cnn1-c1ccc(Cl)cc1. The van der Waals surface area contributed by atoms with E-state index in [-0.39, 0.29) is 11.8 Å². The molecule has 122 valence electrons. The van der Waals surface area contributed by atoms with Gasteiger partial charge >= 0.3 is 0 Å². The molecule has 1 aromatic heterocycles. The third kappa shape index (κ3) is 3.26. The molecular weight excluding hydrogens is 314 g/mol. The molecule has 1 saturated heterocycles. The maximum Gasteiger partial charge on any atom is 0.257 e. The molecular formula is C17H20ClN3O2. The Balaban J connectivity index is 1.98. The fraction of sp³-hybridized carbons (Fsp3) is 0.412. The lowest BCUT2D eigenvalue weighted by Gasteiger charge is -2.27. The summed E-state index contributed by atoms with van der Waals surface area (Å²) in [5, 5.41) is 5.13. The molecule has 1 aliphatic heterocycles. The van der Waals surface area contributed by atoms with Crippen LogP contribution in [-0.4, -0.2) is 46.9 Å². The number of benzene rings is 1. The van der Waals surface area contributed by atoms with Crippen LogP contribution >= 0.6 is 11.6 Å². The van der Waals surface area contributed by atoms with E-state index in [4.69, 9.17) is 16.3 Å². The van der Waals surface area contributed by atoms with Crippen LogP contribution in [0.4, 0.5) is 0 Å². The molecule has 1 aliphatic rings. The van der Waals surface area contributed by atoms with Crippen molar-refractivity contribution in [3.8, 4) is 5.69 Å². The highest BCUT2D eigenvalue weighted by Gasteiger charge is 2.25. The number of amides is 1. The Morgan fingerprint density at radius 1 is 1.22 bits per heavy atom. The standard InChI is InChI=1S/C17H20ClN3O2/c1-12(2)16-15(17(22)20-7-9-23-10-8-20)11-19-21(16)14-5-3-13(18)4-6-14/h3-6,11-12H,7-10H2,1-2H3. The number of ether oxygens (including phenoxy) is 1. The minimum absolute atomic E-state index is 0.0252. The second-order valence-corrected chi connectivity index (χ2v) is 6.33. The summed E-state index contributed by atoms with van der Waals surface area (Å²) in [4.78, 5) is 14.7. The number of rotatable bonds is 3. The van der Waals surface area contributed by atoms with Crippen LogP contribution in [0.3, 0.4) is 0 Å². The lowest BCUT2D eigenvalue weighted by Crippen LogP contribution is -2.41. The van der Waals surface area contributed by atoms with Crippen molar-refractivity contribution in [2.75, 3.05) is 26.3 Å². The quantitative estimate of drug-likeness (QED) is 0.867. The van der Waals surface area contributed by atoms with E-state index in [0.29, 0.717) is 36.9 Å². The number of carbonyl (C=O) groups excluding carboxylic acids is 1. The highest BCUT2D eigenvalue weighted by Crippen LogP contribution is 2.25. The van der Waals surface area contributed by atoms with Crippen molar-refractivity contribution in [1.29, 1.82) is 0 Å². The first-order valence-electron chi connectivity index (χ1n) is 7.79.